The Morgan fingerprint density at radius 1 is 0.476 bits per heavy atom. The normalized spacial score (nSPS) is 11.8. The van der Waals surface area contributed by atoms with Crippen LogP contribution in [0.2, 0.25) is 15.1 Å². The molecule has 0 saturated heterocycles. The molecule has 3 atom stereocenters. The van der Waals surface area contributed by atoms with Crippen molar-refractivity contribution >= 4 is 65.1 Å². The number of hydrogen-bond donors (Lipinski definition) is 6. The van der Waals surface area contributed by atoms with Gasteiger partial charge in [0.1, 0.15) is 17.2 Å². The average Bonchev–Trinajstić information content (AvgIpc) is 4.37. The number of aliphatic carboxylic acids is 3. The summed E-state index contributed by atoms with van der Waals surface area (Å²) in [6, 6.07) is 24.2. The van der Waals surface area contributed by atoms with Gasteiger partial charge in [-0.1, -0.05) is 34.8 Å². The molecule has 0 radical (unpaired) electrons. The Labute approximate surface area is 481 Å². The van der Waals surface area contributed by atoms with E-state index in [4.69, 9.17) is 81.5 Å². The first kappa shape index (κ1) is 62.2. The predicted octanol–water partition coefficient (Wildman–Crippen LogP) is 7.39. The van der Waals surface area contributed by atoms with Gasteiger partial charge in [-0.2, -0.15) is 14.4 Å². The van der Waals surface area contributed by atoms with Crippen LogP contribution in [0.3, 0.4) is 0 Å². The molecule has 26 nitrogen and oxygen atoms in total. The lowest BCUT2D eigenvalue weighted by Crippen LogP contribution is -2.30. The zero-order valence-electron chi connectivity index (χ0n) is 41.9. The van der Waals surface area contributed by atoms with Gasteiger partial charge in [0.2, 0.25) is 17.5 Å². The summed E-state index contributed by atoms with van der Waals surface area (Å²) in [5.41, 5.74) is 19.1. The molecule has 0 amide bonds. The Hall–Kier alpha value is -8.97. The topological polar surface area (TPSA) is 374 Å². The summed E-state index contributed by atoms with van der Waals surface area (Å²) in [5.74, 6) is -3.04. The molecule has 33 heteroatoms. The number of rotatable bonds is 21. The molecule has 9 rings (SSSR count). The minimum atomic E-state index is -0.995. The number of carboxylic acids is 3. The van der Waals surface area contributed by atoms with Crippen LogP contribution in [-0.4, -0.2) is 122 Å². The molecule has 0 unspecified atom stereocenters. The molecular weight excluding hydrogens is 1170 g/mol. The Morgan fingerprint density at radius 3 is 1.10 bits per heavy atom. The number of tetrazole rings is 3. The van der Waals surface area contributed by atoms with Crippen LogP contribution in [0.15, 0.2) is 116 Å². The van der Waals surface area contributed by atoms with E-state index in [1.807, 2.05) is 0 Å². The van der Waals surface area contributed by atoms with Crippen LogP contribution in [-0.2, 0) is 34.0 Å². The maximum absolute atomic E-state index is 13.8. The van der Waals surface area contributed by atoms with Crippen molar-refractivity contribution in [1.82, 2.24) is 70.6 Å². The van der Waals surface area contributed by atoms with E-state index in [0.717, 1.165) is 12.1 Å². The number of benzene rings is 4. The van der Waals surface area contributed by atoms with Gasteiger partial charge in [0.15, 0.2) is 23.2 Å². The number of pyridine rings is 2. The molecule has 4 aromatic carbocycles. The fraction of sp³-hybridized carbons (Fsp3) is 0.184. The fourth-order valence-corrected chi connectivity index (χ4v) is 7.13. The minimum absolute atomic E-state index is 0. The van der Waals surface area contributed by atoms with E-state index in [1.54, 1.807) is 72.8 Å². The zero-order chi connectivity index (χ0) is 58.2. The highest BCUT2D eigenvalue weighted by molar-refractivity contribution is 6.31. The van der Waals surface area contributed by atoms with Crippen LogP contribution in [0.25, 0.3) is 34.2 Å². The highest BCUT2D eigenvalue weighted by atomic mass is 35.5. The van der Waals surface area contributed by atoms with Crippen LogP contribution in [0.4, 0.5) is 13.2 Å². The van der Waals surface area contributed by atoms with Gasteiger partial charge in [0.05, 0.1) is 48.9 Å². The second-order valence-electron chi connectivity index (χ2n) is 16.9. The molecule has 82 heavy (non-hydrogen) atoms. The predicted molar refractivity (Wildman–Crippen MR) is 288 cm³/mol. The first-order chi connectivity index (χ1) is 38.7. The minimum Gasteiger partial charge on any atom is -0.481 e. The molecule has 0 spiro atoms. The van der Waals surface area contributed by atoms with Crippen molar-refractivity contribution in [2.24, 2.45) is 17.2 Å². The zero-order valence-corrected chi connectivity index (χ0v) is 45.0. The summed E-state index contributed by atoms with van der Waals surface area (Å²) in [4.78, 5) is 43.2. The summed E-state index contributed by atoms with van der Waals surface area (Å²) in [6.45, 7) is 0.389. The summed E-state index contributed by atoms with van der Waals surface area (Å²) in [7, 11) is 0. The largest absolute Gasteiger partial charge is 0.481 e. The van der Waals surface area contributed by atoms with Crippen LogP contribution in [0.1, 0.15) is 19.3 Å². The van der Waals surface area contributed by atoms with Crippen molar-refractivity contribution in [3.63, 3.8) is 0 Å². The molecule has 0 aliphatic carbocycles. The number of nitrogens with two attached hydrogens (primary N) is 3. The van der Waals surface area contributed by atoms with Crippen LogP contribution >= 0.6 is 47.2 Å². The Morgan fingerprint density at radius 2 is 0.793 bits per heavy atom. The van der Waals surface area contributed by atoms with Gasteiger partial charge in [0.25, 0.3) is 11.8 Å². The van der Waals surface area contributed by atoms with Crippen LogP contribution in [0, 0.1) is 17.5 Å². The van der Waals surface area contributed by atoms with E-state index < -0.39 is 53.5 Å². The highest BCUT2D eigenvalue weighted by Gasteiger charge is 2.17. The van der Waals surface area contributed by atoms with Crippen molar-refractivity contribution in [1.29, 1.82) is 0 Å². The van der Waals surface area contributed by atoms with Gasteiger partial charge in [-0.15, -0.1) is 43.0 Å². The van der Waals surface area contributed by atoms with E-state index >= 15 is 0 Å². The molecule has 5 heterocycles. The van der Waals surface area contributed by atoms with Gasteiger partial charge < -0.3 is 46.7 Å². The third-order valence-corrected chi connectivity index (χ3v) is 10.9. The van der Waals surface area contributed by atoms with Gasteiger partial charge in [-0.3, -0.25) is 14.4 Å². The Kier molecular flexibility index (Phi) is 22.4. The van der Waals surface area contributed by atoms with Gasteiger partial charge in [0, 0.05) is 52.2 Å². The van der Waals surface area contributed by atoms with E-state index in [9.17, 15) is 27.6 Å². The first-order valence-corrected chi connectivity index (χ1v) is 24.5. The monoisotopic (exact) mass is 1210 g/mol. The smallest absolute Gasteiger partial charge is 0.304 e. The molecule has 0 bridgehead atoms. The average molecular weight is 1210 g/mol. The maximum Gasteiger partial charge on any atom is 0.304 e. The van der Waals surface area contributed by atoms with Crippen molar-refractivity contribution in [2.75, 3.05) is 0 Å². The summed E-state index contributed by atoms with van der Waals surface area (Å²) in [5, 5.41) is 62.6. The van der Waals surface area contributed by atoms with Crippen LogP contribution < -0.4 is 31.4 Å². The number of hydrogen-bond acceptors (Lipinski definition) is 20. The van der Waals surface area contributed by atoms with Gasteiger partial charge >= 0.3 is 17.9 Å². The molecule has 9 N–H and O–H groups in total. The second-order valence-corrected chi connectivity index (χ2v) is 18.2. The molecule has 0 aliphatic rings. The molecule has 0 fully saturated rings. The van der Waals surface area contributed by atoms with E-state index in [0.29, 0.717) is 51.4 Å². The third kappa shape index (κ3) is 19.1. The van der Waals surface area contributed by atoms with Gasteiger partial charge in [-0.25, -0.2) is 23.1 Å². The van der Waals surface area contributed by atoms with Crippen molar-refractivity contribution < 1.29 is 57.1 Å². The van der Waals surface area contributed by atoms with E-state index in [2.05, 4.69) is 56.2 Å². The summed E-state index contributed by atoms with van der Waals surface area (Å²) >= 11 is 17.0. The summed E-state index contributed by atoms with van der Waals surface area (Å²) < 4.78 is 57.4. The standard InChI is InChI=1S/C17H15ClFN5O3.2C16H14ClFN6O3.ClH/c18-11-3-6-15(14(19)7-11)27-13-4-1-10(2-5-13)17-21-23-24(22-17)9-12(20)8-16(25)26;2*17-10-5-13(18)16(20-7-10)27-12-3-1-9(2-4-12)15-21-23-24(22-15)8-11(19)6-14(25)26;/h1-7,12H,8-9,20H2,(H,25,26);2*1-5,7,11H,6,8,19H2,(H,25,26);1H/t12-;2*11-;/m000./s1. The highest BCUT2D eigenvalue weighted by Crippen LogP contribution is 2.30. The fourth-order valence-electron chi connectivity index (χ4n) is 6.68. The lowest BCUT2D eigenvalue weighted by Gasteiger charge is -2.07. The maximum atomic E-state index is 13.8. The first-order valence-electron chi connectivity index (χ1n) is 23.4. The SMILES string of the molecule is Cl.N[C@@H](CC(=O)O)Cn1nnc(-c2ccc(Oc3ccc(Cl)cc3F)cc2)n1.N[C@@H](CC(=O)O)Cn1nnc(-c2ccc(Oc3ncc(Cl)cc3F)cc2)n1.N[C@@H](CC(=O)O)Cn1nnc(-c2ccc(Oc3ncc(Cl)cc3F)cc2)n1. The Balaban J connectivity index is 0.000000197. The van der Waals surface area contributed by atoms with Crippen molar-refractivity contribution in [3.8, 4) is 68.9 Å². The van der Waals surface area contributed by atoms with Gasteiger partial charge in [-0.05, 0) is 119 Å². The molecule has 9 aromatic rings. The van der Waals surface area contributed by atoms with E-state index in [1.165, 1.54) is 45.0 Å². The molecule has 428 valence electrons. The number of carbonyl (C=O) groups is 3. The lowest BCUT2D eigenvalue weighted by atomic mass is 10.2. The molecule has 0 aliphatic heterocycles. The number of aromatic nitrogens is 14. The number of nitrogens with zero attached hydrogens (tertiary/aromatic N) is 14. The lowest BCUT2D eigenvalue weighted by molar-refractivity contribution is -0.138. The van der Waals surface area contributed by atoms with E-state index in [-0.39, 0.29) is 83.9 Å². The van der Waals surface area contributed by atoms with Crippen LogP contribution in [0.5, 0.6) is 34.8 Å². The second kappa shape index (κ2) is 29.5. The molecule has 5 aromatic heterocycles. The van der Waals surface area contributed by atoms with Crippen molar-refractivity contribution in [3.05, 3.63) is 148 Å². The quantitative estimate of drug-likeness (QED) is 0.0408. The molecule has 0 saturated carbocycles. The summed E-state index contributed by atoms with van der Waals surface area (Å²) in [6.07, 6.45) is 1.98. The molecular formula is C49H44Cl4F3N17O9. The number of ether oxygens (including phenoxy) is 3. The third-order valence-electron chi connectivity index (χ3n) is 10.3. The number of halogens is 7. The number of carboxylic acid groups (broad SMARTS) is 3. The van der Waals surface area contributed by atoms with Crippen molar-refractivity contribution in [2.45, 2.75) is 57.0 Å². The Bertz CT molecular complexity index is 3220.